The summed E-state index contributed by atoms with van der Waals surface area (Å²) in [6.07, 6.45) is 1.85. The molecule has 3 heteroatoms. The standard InChI is InChI=1S/C4H4ClNS/c1-7-3-4(5)2-6/h3H,1H3/b4-3+. The lowest BCUT2D eigenvalue weighted by Gasteiger charge is -1.74. The topological polar surface area (TPSA) is 23.8 Å². The van der Waals surface area contributed by atoms with E-state index >= 15 is 0 Å². The van der Waals surface area contributed by atoms with Gasteiger partial charge >= 0.3 is 0 Å². The number of nitriles is 1. The van der Waals surface area contributed by atoms with Crippen molar-refractivity contribution in [3.05, 3.63) is 10.4 Å². The molecule has 7 heavy (non-hydrogen) atoms. The molecular weight excluding hydrogens is 130 g/mol. The van der Waals surface area contributed by atoms with Gasteiger partial charge in [-0.1, -0.05) is 11.6 Å². The zero-order chi connectivity index (χ0) is 5.70. The van der Waals surface area contributed by atoms with Crippen molar-refractivity contribution in [2.24, 2.45) is 0 Å². The first-order chi connectivity index (χ1) is 3.31. The molecule has 0 fully saturated rings. The Balaban J connectivity index is 3.57. The van der Waals surface area contributed by atoms with Gasteiger partial charge in [-0.25, -0.2) is 0 Å². The summed E-state index contributed by atoms with van der Waals surface area (Å²) in [6.45, 7) is 0. The van der Waals surface area contributed by atoms with Gasteiger partial charge in [-0.05, 0) is 11.7 Å². The van der Waals surface area contributed by atoms with E-state index in [1.54, 1.807) is 11.5 Å². The molecule has 0 N–H and O–H groups in total. The van der Waals surface area contributed by atoms with Crippen LogP contribution in [-0.4, -0.2) is 6.26 Å². The fraction of sp³-hybridized carbons (Fsp3) is 0.250. The van der Waals surface area contributed by atoms with Crippen LogP contribution in [0.5, 0.6) is 0 Å². The summed E-state index contributed by atoms with van der Waals surface area (Å²) < 4.78 is 0. The molecule has 0 saturated heterocycles. The van der Waals surface area contributed by atoms with E-state index in [1.165, 1.54) is 11.8 Å². The van der Waals surface area contributed by atoms with Crippen LogP contribution in [0.1, 0.15) is 0 Å². The molecule has 0 aromatic heterocycles. The van der Waals surface area contributed by atoms with Gasteiger partial charge in [0.15, 0.2) is 0 Å². The highest BCUT2D eigenvalue weighted by Gasteiger charge is 1.79. The van der Waals surface area contributed by atoms with Crippen LogP contribution in [0.2, 0.25) is 0 Å². The third-order valence-electron chi connectivity index (χ3n) is 0.328. The fourth-order valence-electron chi connectivity index (χ4n) is 0.130. The van der Waals surface area contributed by atoms with E-state index in [2.05, 4.69) is 0 Å². The lowest BCUT2D eigenvalue weighted by atomic mass is 10.7. The van der Waals surface area contributed by atoms with Crippen LogP contribution in [-0.2, 0) is 0 Å². The molecule has 0 heterocycles. The smallest absolute Gasteiger partial charge is 0.124 e. The monoisotopic (exact) mass is 133 g/mol. The van der Waals surface area contributed by atoms with Crippen molar-refractivity contribution in [1.82, 2.24) is 0 Å². The van der Waals surface area contributed by atoms with Crippen LogP contribution in [0.4, 0.5) is 0 Å². The molecule has 0 radical (unpaired) electrons. The van der Waals surface area contributed by atoms with Gasteiger partial charge in [-0.2, -0.15) is 5.26 Å². The van der Waals surface area contributed by atoms with Crippen molar-refractivity contribution in [3.8, 4) is 6.07 Å². The van der Waals surface area contributed by atoms with E-state index in [1.807, 2.05) is 6.26 Å². The quantitative estimate of drug-likeness (QED) is 0.511. The Kier molecular flexibility index (Phi) is 3.97. The number of halogens is 1. The second kappa shape index (κ2) is 4.04. The number of rotatable bonds is 1. The van der Waals surface area contributed by atoms with Crippen LogP contribution in [0.25, 0.3) is 0 Å². The minimum absolute atomic E-state index is 0.243. The molecule has 0 amide bonds. The number of allylic oxidation sites excluding steroid dienone is 1. The molecule has 0 bridgehead atoms. The van der Waals surface area contributed by atoms with Gasteiger partial charge < -0.3 is 0 Å². The summed E-state index contributed by atoms with van der Waals surface area (Å²) in [5.74, 6) is 0. The summed E-state index contributed by atoms with van der Waals surface area (Å²) in [4.78, 5) is 0. The molecule has 0 aliphatic rings. The molecule has 0 saturated carbocycles. The van der Waals surface area contributed by atoms with Gasteiger partial charge in [0.1, 0.15) is 11.1 Å². The molecule has 0 aromatic rings. The molecule has 0 spiro atoms. The zero-order valence-corrected chi connectivity index (χ0v) is 5.38. The Morgan fingerprint density at radius 3 is 2.71 bits per heavy atom. The molecule has 0 atom stereocenters. The van der Waals surface area contributed by atoms with E-state index in [-0.39, 0.29) is 5.03 Å². The number of hydrogen-bond donors (Lipinski definition) is 0. The lowest BCUT2D eigenvalue weighted by molar-refractivity contribution is 1.53. The molecular formula is C4H4ClNS. The first-order valence-corrected chi connectivity index (χ1v) is 3.26. The van der Waals surface area contributed by atoms with Gasteiger partial charge in [-0.15, -0.1) is 11.8 Å². The summed E-state index contributed by atoms with van der Waals surface area (Å²) >= 11 is 6.66. The van der Waals surface area contributed by atoms with Crippen molar-refractivity contribution in [2.75, 3.05) is 6.26 Å². The highest BCUT2D eigenvalue weighted by Crippen LogP contribution is 2.04. The largest absolute Gasteiger partial charge is 0.191 e. The molecule has 0 unspecified atom stereocenters. The molecule has 0 rings (SSSR count). The number of hydrogen-bond acceptors (Lipinski definition) is 2. The molecule has 1 nitrogen and oxygen atoms in total. The highest BCUT2D eigenvalue weighted by molar-refractivity contribution is 8.01. The highest BCUT2D eigenvalue weighted by atomic mass is 35.5. The first-order valence-electron chi connectivity index (χ1n) is 1.60. The van der Waals surface area contributed by atoms with Gasteiger partial charge in [0.25, 0.3) is 0 Å². The second-order valence-electron chi connectivity index (χ2n) is 0.813. The van der Waals surface area contributed by atoms with Crippen LogP contribution in [0.15, 0.2) is 10.4 Å². The van der Waals surface area contributed by atoms with Crippen molar-refractivity contribution < 1.29 is 0 Å². The van der Waals surface area contributed by atoms with Gasteiger partial charge in [-0.3, -0.25) is 0 Å². The van der Waals surface area contributed by atoms with Crippen molar-refractivity contribution in [3.63, 3.8) is 0 Å². The predicted octanol–water partition coefficient (Wildman–Crippen LogP) is 1.95. The Bertz CT molecular complexity index is 113. The maximum Gasteiger partial charge on any atom is 0.124 e. The van der Waals surface area contributed by atoms with Crippen LogP contribution in [0.3, 0.4) is 0 Å². The maximum atomic E-state index is 8.00. The Labute approximate surface area is 52.0 Å². The summed E-state index contributed by atoms with van der Waals surface area (Å²) in [5.41, 5.74) is 0. The van der Waals surface area contributed by atoms with Gasteiger partial charge in [0.05, 0.1) is 0 Å². The van der Waals surface area contributed by atoms with Gasteiger partial charge in [0.2, 0.25) is 0 Å². The van der Waals surface area contributed by atoms with E-state index in [0.29, 0.717) is 0 Å². The molecule has 0 aliphatic heterocycles. The number of thioether (sulfide) groups is 1. The van der Waals surface area contributed by atoms with Crippen LogP contribution < -0.4 is 0 Å². The van der Waals surface area contributed by atoms with Gasteiger partial charge in [0, 0.05) is 0 Å². The SMILES string of the molecule is CS/C=C(/Cl)C#N. The zero-order valence-electron chi connectivity index (χ0n) is 3.81. The van der Waals surface area contributed by atoms with E-state index in [4.69, 9.17) is 16.9 Å². The van der Waals surface area contributed by atoms with Crippen molar-refractivity contribution in [2.45, 2.75) is 0 Å². The van der Waals surface area contributed by atoms with Crippen LogP contribution >= 0.6 is 23.4 Å². The summed E-state index contributed by atoms with van der Waals surface area (Å²) in [7, 11) is 0. The third-order valence-corrected chi connectivity index (χ3v) is 1.12. The van der Waals surface area contributed by atoms with Crippen LogP contribution in [0, 0.1) is 11.3 Å². The molecule has 0 aliphatic carbocycles. The number of nitrogens with zero attached hydrogens (tertiary/aromatic N) is 1. The Morgan fingerprint density at radius 1 is 2.00 bits per heavy atom. The lowest BCUT2D eigenvalue weighted by Crippen LogP contribution is -1.54. The maximum absolute atomic E-state index is 8.00. The summed E-state index contributed by atoms with van der Waals surface area (Å²) in [5, 5.41) is 9.83. The first kappa shape index (κ1) is 6.87. The minimum Gasteiger partial charge on any atom is -0.191 e. The van der Waals surface area contributed by atoms with Crippen molar-refractivity contribution in [1.29, 1.82) is 5.26 Å². The average Bonchev–Trinajstić information content (AvgIpc) is 1.68. The predicted molar refractivity (Wildman–Crippen MR) is 33.1 cm³/mol. The van der Waals surface area contributed by atoms with E-state index in [9.17, 15) is 0 Å². The van der Waals surface area contributed by atoms with E-state index in [0.717, 1.165) is 0 Å². The Hall–Kier alpha value is -0.130. The molecule has 0 aromatic carbocycles. The second-order valence-corrected chi connectivity index (χ2v) is 1.93. The fourth-order valence-corrected chi connectivity index (χ4v) is 0.657. The van der Waals surface area contributed by atoms with Crippen molar-refractivity contribution >= 4 is 23.4 Å². The minimum atomic E-state index is 0.243. The third kappa shape index (κ3) is 3.71. The average molecular weight is 134 g/mol. The normalized spacial score (nSPS) is 10.7. The summed E-state index contributed by atoms with van der Waals surface area (Å²) in [6, 6.07) is 1.77. The molecule has 38 valence electrons. The Morgan fingerprint density at radius 2 is 2.57 bits per heavy atom. The van der Waals surface area contributed by atoms with E-state index < -0.39 is 0 Å².